The first kappa shape index (κ1) is 28.9. The van der Waals surface area contributed by atoms with Crippen molar-refractivity contribution in [1.29, 1.82) is 0 Å². The van der Waals surface area contributed by atoms with Gasteiger partial charge >= 0.3 is 6.09 Å². The Morgan fingerprint density at radius 2 is 1.53 bits per heavy atom. The molecule has 2 aromatic carbocycles. The van der Waals surface area contributed by atoms with Crippen LogP contribution in [0.2, 0.25) is 0 Å². The molecule has 2 N–H and O–H groups in total. The fraction of sp³-hybridized carbons (Fsp3) is 0.483. The van der Waals surface area contributed by atoms with Crippen LogP contribution in [0.1, 0.15) is 76.8 Å². The van der Waals surface area contributed by atoms with E-state index in [-0.39, 0.29) is 11.8 Å². The fourth-order valence-electron chi connectivity index (χ4n) is 3.95. The highest BCUT2D eigenvalue weighted by molar-refractivity contribution is 5.92. The number of amides is 3. The summed E-state index contributed by atoms with van der Waals surface area (Å²) in [6.07, 6.45) is -0.686. The third-order valence-corrected chi connectivity index (χ3v) is 5.82. The van der Waals surface area contributed by atoms with E-state index in [2.05, 4.69) is 10.6 Å². The van der Waals surface area contributed by atoms with E-state index in [1.54, 1.807) is 32.6 Å². The maximum absolute atomic E-state index is 13.9. The van der Waals surface area contributed by atoms with E-state index in [9.17, 15) is 14.4 Å². The van der Waals surface area contributed by atoms with Crippen LogP contribution < -0.4 is 10.6 Å². The zero-order chi connectivity index (χ0) is 27.3. The number of rotatable bonds is 7. The molecule has 0 aromatic heterocycles. The Morgan fingerprint density at radius 3 is 2.08 bits per heavy atom. The van der Waals surface area contributed by atoms with Gasteiger partial charge in [-0.25, -0.2) is 4.79 Å². The molecule has 0 spiro atoms. The number of carbonyl (C=O) groups is 3. The van der Waals surface area contributed by atoms with Crippen LogP contribution >= 0.6 is 0 Å². The van der Waals surface area contributed by atoms with Gasteiger partial charge in [0.2, 0.25) is 11.8 Å². The lowest BCUT2D eigenvalue weighted by Crippen LogP contribution is -2.58. The highest BCUT2D eigenvalue weighted by Crippen LogP contribution is 2.32. The summed E-state index contributed by atoms with van der Waals surface area (Å²) in [5, 5.41) is 5.65. The summed E-state index contributed by atoms with van der Waals surface area (Å²) in [4.78, 5) is 41.6. The Hall–Kier alpha value is -3.35. The molecule has 196 valence electrons. The molecule has 0 heterocycles. The van der Waals surface area contributed by atoms with Gasteiger partial charge in [0.05, 0.1) is 0 Å². The fourth-order valence-corrected chi connectivity index (χ4v) is 3.95. The molecular formula is C29H41N3O4. The van der Waals surface area contributed by atoms with E-state index in [1.165, 1.54) is 0 Å². The molecule has 7 heteroatoms. The third-order valence-electron chi connectivity index (χ3n) is 5.82. The minimum atomic E-state index is -0.909. The molecule has 0 aliphatic rings. The number of ether oxygens (including phenoxy) is 1. The standard InChI is InChI=1S/C29H41N3O4/c1-19-14-13-17-23(20(19)2)24(25(33)30-18-22-15-11-10-12-16-22)32(28(4,5)6)26(34)21(3)31-27(35)36-29(7,8)9/h10-17,21,24H,18H2,1-9H3,(H,30,33)(H,31,35). The lowest BCUT2D eigenvalue weighted by molar-refractivity contribution is -0.148. The van der Waals surface area contributed by atoms with Crippen molar-refractivity contribution in [1.82, 2.24) is 15.5 Å². The van der Waals surface area contributed by atoms with Gasteiger partial charge in [0.25, 0.3) is 0 Å². The maximum atomic E-state index is 13.9. The molecule has 0 fully saturated rings. The number of nitrogens with zero attached hydrogens (tertiary/aromatic N) is 1. The summed E-state index contributed by atoms with van der Waals surface area (Å²) in [5.74, 6) is -0.672. The second kappa shape index (κ2) is 11.6. The molecule has 0 aliphatic heterocycles. The minimum Gasteiger partial charge on any atom is -0.444 e. The monoisotopic (exact) mass is 495 g/mol. The quantitative estimate of drug-likeness (QED) is 0.553. The summed E-state index contributed by atoms with van der Waals surface area (Å²) in [7, 11) is 0. The van der Waals surface area contributed by atoms with E-state index < -0.39 is 29.3 Å². The largest absolute Gasteiger partial charge is 0.444 e. The Morgan fingerprint density at radius 1 is 0.917 bits per heavy atom. The molecule has 36 heavy (non-hydrogen) atoms. The molecule has 3 amide bonds. The van der Waals surface area contributed by atoms with Crippen molar-refractivity contribution in [3.05, 3.63) is 70.8 Å². The highest BCUT2D eigenvalue weighted by Gasteiger charge is 2.41. The molecule has 2 unspecified atom stereocenters. The zero-order valence-electron chi connectivity index (χ0n) is 23.1. The average Bonchev–Trinajstić information content (AvgIpc) is 2.76. The summed E-state index contributed by atoms with van der Waals surface area (Å²) in [6, 6.07) is 13.6. The Kier molecular flexibility index (Phi) is 9.30. The van der Waals surface area contributed by atoms with Crippen molar-refractivity contribution in [2.45, 2.75) is 92.1 Å². The summed E-state index contributed by atoms with van der Waals surface area (Å²) in [5.41, 5.74) is 2.23. The van der Waals surface area contributed by atoms with E-state index >= 15 is 0 Å². The van der Waals surface area contributed by atoms with Gasteiger partial charge in [0, 0.05) is 12.1 Å². The Labute approximate surface area is 215 Å². The van der Waals surface area contributed by atoms with Crippen LogP contribution in [-0.4, -0.2) is 40.0 Å². The number of aryl methyl sites for hydroxylation is 1. The lowest BCUT2D eigenvalue weighted by Gasteiger charge is -2.43. The number of benzene rings is 2. The van der Waals surface area contributed by atoms with E-state index in [0.717, 1.165) is 22.3 Å². The maximum Gasteiger partial charge on any atom is 0.408 e. The van der Waals surface area contributed by atoms with Crippen LogP contribution in [0.5, 0.6) is 0 Å². The lowest BCUT2D eigenvalue weighted by atomic mass is 9.91. The SMILES string of the molecule is Cc1cccc(C(C(=O)NCc2ccccc2)N(C(=O)C(C)NC(=O)OC(C)(C)C)C(C)(C)C)c1C. The van der Waals surface area contributed by atoms with Crippen LogP contribution in [0, 0.1) is 13.8 Å². The van der Waals surface area contributed by atoms with E-state index in [4.69, 9.17) is 4.74 Å². The number of alkyl carbamates (subject to hydrolysis) is 1. The van der Waals surface area contributed by atoms with Crippen LogP contribution in [0.3, 0.4) is 0 Å². The zero-order valence-corrected chi connectivity index (χ0v) is 23.1. The van der Waals surface area contributed by atoms with Gasteiger partial charge in [-0.1, -0.05) is 48.5 Å². The first-order chi connectivity index (χ1) is 16.6. The summed E-state index contributed by atoms with van der Waals surface area (Å²) >= 11 is 0. The smallest absolute Gasteiger partial charge is 0.408 e. The summed E-state index contributed by atoms with van der Waals surface area (Å²) in [6.45, 7) is 16.8. The molecule has 2 atom stereocenters. The molecule has 0 bridgehead atoms. The first-order valence-electron chi connectivity index (χ1n) is 12.3. The molecule has 2 aromatic rings. The number of carbonyl (C=O) groups excluding carboxylic acids is 3. The first-order valence-corrected chi connectivity index (χ1v) is 12.3. The second-order valence-electron chi connectivity index (χ2n) is 11.1. The molecule has 0 radical (unpaired) electrons. The number of hydrogen-bond donors (Lipinski definition) is 2. The van der Waals surface area contributed by atoms with Gasteiger partial charge in [0.15, 0.2) is 0 Å². The van der Waals surface area contributed by atoms with Gasteiger partial charge < -0.3 is 20.3 Å². The topological polar surface area (TPSA) is 87.7 Å². The van der Waals surface area contributed by atoms with Gasteiger partial charge in [-0.2, -0.15) is 0 Å². The Bertz CT molecular complexity index is 1070. The predicted octanol–water partition coefficient (Wildman–Crippen LogP) is 5.20. The number of nitrogens with one attached hydrogen (secondary N) is 2. The van der Waals surface area contributed by atoms with Crippen molar-refractivity contribution in [2.75, 3.05) is 0 Å². The van der Waals surface area contributed by atoms with E-state index in [0.29, 0.717) is 6.54 Å². The molecule has 0 saturated heterocycles. The number of hydrogen-bond acceptors (Lipinski definition) is 4. The van der Waals surface area contributed by atoms with Gasteiger partial charge in [-0.3, -0.25) is 9.59 Å². The van der Waals surface area contributed by atoms with Gasteiger partial charge in [-0.15, -0.1) is 0 Å². The average molecular weight is 496 g/mol. The molecular weight excluding hydrogens is 454 g/mol. The van der Waals surface area contributed by atoms with E-state index in [1.807, 2.05) is 83.1 Å². The highest BCUT2D eigenvalue weighted by atomic mass is 16.6. The van der Waals surface area contributed by atoms with Gasteiger partial charge in [-0.05, 0) is 84.6 Å². The third kappa shape index (κ3) is 7.83. The predicted molar refractivity (Wildman–Crippen MR) is 142 cm³/mol. The van der Waals surface area contributed by atoms with Crippen molar-refractivity contribution >= 4 is 17.9 Å². The van der Waals surface area contributed by atoms with Crippen LogP contribution in [0.15, 0.2) is 48.5 Å². The Balaban J connectivity index is 2.47. The van der Waals surface area contributed by atoms with Gasteiger partial charge in [0.1, 0.15) is 17.7 Å². The second-order valence-corrected chi connectivity index (χ2v) is 11.1. The summed E-state index contributed by atoms with van der Waals surface area (Å²) < 4.78 is 5.34. The van der Waals surface area contributed by atoms with Crippen LogP contribution in [0.25, 0.3) is 0 Å². The molecule has 0 aliphatic carbocycles. The van der Waals surface area contributed by atoms with Crippen molar-refractivity contribution in [3.8, 4) is 0 Å². The molecule has 7 nitrogen and oxygen atoms in total. The molecule has 2 rings (SSSR count). The van der Waals surface area contributed by atoms with Crippen molar-refractivity contribution in [3.63, 3.8) is 0 Å². The van der Waals surface area contributed by atoms with Crippen LogP contribution in [-0.2, 0) is 20.9 Å². The molecule has 0 saturated carbocycles. The van der Waals surface area contributed by atoms with Crippen molar-refractivity contribution in [2.24, 2.45) is 0 Å². The minimum absolute atomic E-state index is 0.291. The normalized spacial score (nSPS) is 13.4. The van der Waals surface area contributed by atoms with Crippen LogP contribution in [0.4, 0.5) is 4.79 Å². The van der Waals surface area contributed by atoms with Crippen molar-refractivity contribution < 1.29 is 19.1 Å².